The van der Waals surface area contributed by atoms with Crippen LogP contribution in [0.2, 0.25) is 0 Å². The molecule has 20 heavy (non-hydrogen) atoms. The predicted octanol–water partition coefficient (Wildman–Crippen LogP) is 1.34. The lowest BCUT2D eigenvalue weighted by molar-refractivity contribution is -0.142. The Morgan fingerprint density at radius 1 is 1.35 bits per heavy atom. The molecule has 3 N–H and O–H groups in total. The molecule has 6 nitrogen and oxygen atoms in total. The smallest absolute Gasteiger partial charge is 0.343 e. The van der Waals surface area contributed by atoms with Gasteiger partial charge in [0.05, 0.1) is 12.6 Å². The average molecular weight is 303 g/mol. The lowest BCUT2D eigenvalue weighted by atomic mass is 10.1. The Bertz CT molecular complexity index is 472. The molecule has 0 spiro atoms. The number of nitrogens with two attached hydrogens (primary N) is 1. The Labute approximate surface area is 124 Å². The number of benzene rings is 1. The summed E-state index contributed by atoms with van der Waals surface area (Å²) < 4.78 is 9.67. The largest absolute Gasteiger partial charge is 0.482 e. The molecule has 0 saturated carbocycles. The van der Waals surface area contributed by atoms with Crippen LogP contribution in [0, 0.1) is 0 Å². The molecule has 0 radical (unpaired) electrons. The number of rotatable bonds is 5. The quantitative estimate of drug-likeness (QED) is 0.801. The minimum Gasteiger partial charge on any atom is -0.482 e. The van der Waals surface area contributed by atoms with Crippen molar-refractivity contribution in [3.8, 4) is 5.75 Å². The van der Waals surface area contributed by atoms with Gasteiger partial charge in [-0.05, 0) is 26.0 Å². The second-order valence-electron chi connectivity index (χ2n) is 4.57. The predicted molar refractivity (Wildman–Crippen MR) is 78.1 cm³/mol. The number of ether oxygens (including phenoxy) is 2. The van der Waals surface area contributed by atoms with E-state index >= 15 is 0 Å². The van der Waals surface area contributed by atoms with Crippen LogP contribution in [0.1, 0.15) is 13.8 Å². The van der Waals surface area contributed by atoms with Gasteiger partial charge >= 0.3 is 5.97 Å². The van der Waals surface area contributed by atoms with Crippen LogP contribution in [0.3, 0.4) is 0 Å². The number of nitrogens with one attached hydrogen (secondary N) is 1. The van der Waals surface area contributed by atoms with Crippen molar-refractivity contribution in [2.75, 3.05) is 19.0 Å². The van der Waals surface area contributed by atoms with E-state index in [1.165, 1.54) is 7.11 Å². The minimum atomic E-state index is -0.969. The third-order valence-electron chi connectivity index (χ3n) is 2.26. The van der Waals surface area contributed by atoms with Crippen molar-refractivity contribution < 1.29 is 19.1 Å². The van der Waals surface area contributed by atoms with E-state index in [0.717, 1.165) is 0 Å². The summed E-state index contributed by atoms with van der Waals surface area (Å²) in [5.41, 5.74) is 5.25. The van der Waals surface area contributed by atoms with Crippen LogP contribution < -0.4 is 15.8 Å². The van der Waals surface area contributed by atoms with Crippen molar-refractivity contribution in [1.29, 1.82) is 0 Å². The zero-order valence-corrected chi connectivity index (χ0v) is 12.5. The molecule has 0 aliphatic carbocycles. The van der Waals surface area contributed by atoms with Crippen molar-refractivity contribution in [2.45, 2.75) is 19.4 Å². The van der Waals surface area contributed by atoms with Gasteiger partial charge in [-0.1, -0.05) is 6.07 Å². The third-order valence-corrected chi connectivity index (χ3v) is 2.26. The van der Waals surface area contributed by atoms with E-state index in [2.05, 4.69) is 10.1 Å². The van der Waals surface area contributed by atoms with Crippen LogP contribution in [-0.4, -0.2) is 31.1 Å². The lowest BCUT2D eigenvalue weighted by Crippen LogP contribution is -2.45. The second-order valence-corrected chi connectivity index (χ2v) is 4.57. The van der Waals surface area contributed by atoms with Crippen LogP contribution in [0.25, 0.3) is 0 Å². The van der Waals surface area contributed by atoms with Crippen LogP contribution in [0.4, 0.5) is 5.69 Å². The molecule has 0 aromatic heterocycles. The van der Waals surface area contributed by atoms with E-state index in [-0.39, 0.29) is 24.9 Å². The van der Waals surface area contributed by atoms with Gasteiger partial charge in [0.25, 0.3) is 0 Å². The Morgan fingerprint density at radius 2 is 2.00 bits per heavy atom. The summed E-state index contributed by atoms with van der Waals surface area (Å²) in [6.07, 6.45) is 0. The van der Waals surface area contributed by atoms with Gasteiger partial charge in [0.2, 0.25) is 5.91 Å². The number of esters is 1. The highest BCUT2D eigenvalue weighted by Gasteiger charge is 2.21. The fourth-order valence-corrected chi connectivity index (χ4v) is 1.16. The first-order valence-electron chi connectivity index (χ1n) is 5.73. The summed E-state index contributed by atoms with van der Waals surface area (Å²) in [5.74, 6) is -0.326. The first-order valence-corrected chi connectivity index (χ1v) is 5.73. The maximum absolute atomic E-state index is 11.7. The Morgan fingerprint density at radius 3 is 2.55 bits per heavy atom. The van der Waals surface area contributed by atoms with E-state index in [4.69, 9.17) is 10.5 Å². The van der Waals surface area contributed by atoms with Gasteiger partial charge < -0.3 is 20.5 Å². The number of amides is 1. The summed E-state index contributed by atoms with van der Waals surface area (Å²) in [7, 11) is 1.28. The van der Waals surface area contributed by atoms with Crippen molar-refractivity contribution in [3.05, 3.63) is 24.3 Å². The van der Waals surface area contributed by atoms with E-state index in [1.807, 2.05) is 0 Å². The highest BCUT2D eigenvalue weighted by Crippen LogP contribution is 2.18. The molecule has 1 aromatic carbocycles. The van der Waals surface area contributed by atoms with Gasteiger partial charge in [0.1, 0.15) is 5.75 Å². The molecule has 0 unspecified atom stereocenters. The monoisotopic (exact) mass is 302 g/mol. The molecule has 1 rings (SSSR count). The molecule has 0 bridgehead atoms. The number of carbonyl (C=O) groups is 2. The SMILES string of the molecule is COC(=O)COc1cccc(NC(=O)C(C)(C)N)c1.Cl. The first-order chi connectivity index (χ1) is 8.82. The zero-order chi connectivity index (χ0) is 14.5. The van der Waals surface area contributed by atoms with Crippen molar-refractivity contribution >= 4 is 30.0 Å². The van der Waals surface area contributed by atoms with Crippen LogP contribution >= 0.6 is 12.4 Å². The van der Waals surface area contributed by atoms with Crippen LogP contribution in [0.5, 0.6) is 5.75 Å². The van der Waals surface area contributed by atoms with Crippen LogP contribution in [-0.2, 0) is 14.3 Å². The van der Waals surface area contributed by atoms with Crippen molar-refractivity contribution in [3.63, 3.8) is 0 Å². The summed E-state index contributed by atoms with van der Waals surface area (Å²) in [5, 5.41) is 2.66. The molecule has 0 aliphatic heterocycles. The van der Waals surface area contributed by atoms with Gasteiger partial charge in [-0.15, -0.1) is 12.4 Å². The van der Waals surface area contributed by atoms with Gasteiger partial charge in [-0.2, -0.15) is 0 Å². The lowest BCUT2D eigenvalue weighted by Gasteiger charge is -2.18. The molecule has 1 aromatic rings. The number of anilines is 1. The zero-order valence-electron chi connectivity index (χ0n) is 11.6. The van der Waals surface area contributed by atoms with Crippen molar-refractivity contribution in [2.24, 2.45) is 5.73 Å². The molecule has 112 valence electrons. The number of hydrogen-bond acceptors (Lipinski definition) is 5. The highest BCUT2D eigenvalue weighted by atomic mass is 35.5. The summed E-state index contributed by atoms with van der Waals surface area (Å²) in [6, 6.07) is 6.68. The molecule has 7 heteroatoms. The second kappa shape index (κ2) is 7.72. The standard InChI is InChI=1S/C13H18N2O4.ClH/c1-13(2,14)12(17)15-9-5-4-6-10(7-9)19-8-11(16)18-3;/h4-7H,8,14H2,1-3H3,(H,15,17);1H. The molecule has 0 aliphatic rings. The van der Waals surface area contributed by atoms with E-state index in [1.54, 1.807) is 38.1 Å². The topological polar surface area (TPSA) is 90.6 Å². The average Bonchev–Trinajstić information content (AvgIpc) is 2.35. The van der Waals surface area contributed by atoms with Gasteiger partial charge in [0.15, 0.2) is 6.61 Å². The highest BCUT2D eigenvalue weighted by molar-refractivity contribution is 5.97. The number of hydrogen-bond donors (Lipinski definition) is 2. The third kappa shape index (κ3) is 5.90. The minimum absolute atomic E-state index is 0. The van der Waals surface area contributed by atoms with Gasteiger partial charge in [-0.25, -0.2) is 4.79 Å². The van der Waals surface area contributed by atoms with E-state index < -0.39 is 11.5 Å². The molecule has 1 amide bonds. The van der Waals surface area contributed by atoms with E-state index in [9.17, 15) is 9.59 Å². The molecule has 0 fully saturated rings. The normalized spacial score (nSPS) is 10.2. The molecular weight excluding hydrogens is 284 g/mol. The molecular formula is C13H19ClN2O4. The Hall–Kier alpha value is -1.79. The van der Waals surface area contributed by atoms with Gasteiger partial charge in [-0.3, -0.25) is 4.79 Å². The summed E-state index contributed by atoms with van der Waals surface area (Å²) >= 11 is 0. The molecule has 0 atom stereocenters. The van der Waals surface area contributed by atoms with E-state index in [0.29, 0.717) is 11.4 Å². The Kier molecular flexibility index (Phi) is 7.02. The Balaban J connectivity index is 0.00000361. The number of methoxy groups -OCH3 is 1. The number of carbonyl (C=O) groups excluding carboxylic acids is 2. The van der Waals surface area contributed by atoms with Crippen LogP contribution in [0.15, 0.2) is 24.3 Å². The maximum atomic E-state index is 11.7. The fraction of sp³-hybridized carbons (Fsp3) is 0.385. The summed E-state index contributed by atoms with van der Waals surface area (Å²) in [4.78, 5) is 22.7. The fourth-order valence-electron chi connectivity index (χ4n) is 1.16. The van der Waals surface area contributed by atoms with Crippen molar-refractivity contribution in [1.82, 2.24) is 0 Å². The molecule has 0 heterocycles. The molecule has 0 saturated heterocycles. The summed E-state index contributed by atoms with van der Waals surface area (Å²) in [6.45, 7) is 3.04. The maximum Gasteiger partial charge on any atom is 0.343 e. The first kappa shape index (κ1) is 18.2. The van der Waals surface area contributed by atoms with Gasteiger partial charge in [0, 0.05) is 11.8 Å². The number of halogens is 1.